The lowest BCUT2D eigenvalue weighted by Crippen LogP contribution is -2.33. The van der Waals surface area contributed by atoms with Crippen molar-refractivity contribution >= 4 is 11.8 Å². The number of hydrogen-bond acceptors (Lipinski definition) is 3. The Morgan fingerprint density at radius 3 is 3.00 bits per heavy atom. The van der Waals surface area contributed by atoms with Gasteiger partial charge in [-0.3, -0.25) is 4.68 Å². The van der Waals surface area contributed by atoms with Crippen LogP contribution in [-0.4, -0.2) is 26.8 Å². The first kappa shape index (κ1) is 13.9. The third-order valence-electron chi connectivity index (χ3n) is 3.71. The fraction of sp³-hybridized carbons (Fsp3) is 0.786. The summed E-state index contributed by atoms with van der Waals surface area (Å²) in [5, 5.41) is 9.06. The third kappa shape index (κ3) is 3.29. The van der Waals surface area contributed by atoms with E-state index in [1.54, 1.807) is 0 Å². The van der Waals surface area contributed by atoms with Crippen molar-refractivity contribution in [3.63, 3.8) is 0 Å². The van der Waals surface area contributed by atoms with Crippen LogP contribution in [0.2, 0.25) is 0 Å². The van der Waals surface area contributed by atoms with Gasteiger partial charge in [0, 0.05) is 36.6 Å². The molecule has 1 saturated carbocycles. The highest BCUT2D eigenvalue weighted by molar-refractivity contribution is 7.99. The van der Waals surface area contributed by atoms with Gasteiger partial charge in [-0.2, -0.15) is 16.9 Å². The molecule has 1 fully saturated rings. The summed E-state index contributed by atoms with van der Waals surface area (Å²) in [7, 11) is 2.01. The summed E-state index contributed by atoms with van der Waals surface area (Å²) in [5.41, 5.74) is 2.61. The maximum atomic E-state index is 4.50. The molecule has 1 aliphatic carbocycles. The molecular formula is C14H25N3S. The van der Waals surface area contributed by atoms with Crippen molar-refractivity contribution in [2.75, 3.05) is 5.75 Å². The average Bonchev–Trinajstić information content (AvgIpc) is 2.93. The highest BCUT2D eigenvalue weighted by Crippen LogP contribution is 2.30. The third-order valence-corrected chi connectivity index (χ3v) is 5.04. The topological polar surface area (TPSA) is 29.9 Å². The minimum atomic E-state index is 0.694. The molecule has 0 bridgehead atoms. The van der Waals surface area contributed by atoms with Crippen LogP contribution < -0.4 is 5.32 Å². The van der Waals surface area contributed by atoms with E-state index >= 15 is 0 Å². The quantitative estimate of drug-likeness (QED) is 0.859. The summed E-state index contributed by atoms with van der Waals surface area (Å²) in [6.07, 6.45) is 7.27. The van der Waals surface area contributed by atoms with Gasteiger partial charge in [0.1, 0.15) is 0 Å². The molecule has 0 amide bonds. The normalized spacial score (nSPS) is 23.7. The summed E-state index contributed by atoms with van der Waals surface area (Å²) in [6.45, 7) is 5.41. The van der Waals surface area contributed by atoms with Gasteiger partial charge >= 0.3 is 0 Å². The van der Waals surface area contributed by atoms with Crippen molar-refractivity contribution in [1.82, 2.24) is 15.1 Å². The zero-order valence-corrected chi connectivity index (χ0v) is 12.6. The van der Waals surface area contributed by atoms with Crippen LogP contribution in [0.15, 0.2) is 6.20 Å². The van der Waals surface area contributed by atoms with Gasteiger partial charge in [-0.05, 0) is 25.0 Å². The van der Waals surface area contributed by atoms with E-state index in [2.05, 4.69) is 42.2 Å². The van der Waals surface area contributed by atoms with E-state index in [1.165, 1.54) is 36.3 Å². The molecule has 102 valence electrons. The summed E-state index contributed by atoms with van der Waals surface area (Å²) in [5.74, 6) is 1.23. The monoisotopic (exact) mass is 267 g/mol. The van der Waals surface area contributed by atoms with Crippen LogP contribution in [0.25, 0.3) is 0 Å². The smallest absolute Gasteiger partial charge is 0.0666 e. The Kier molecular flexibility index (Phi) is 5.13. The van der Waals surface area contributed by atoms with Gasteiger partial charge in [-0.15, -0.1) is 0 Å². The number of aromatic nitrogens is 2. The fourth-order valence-electron chi connectivity index (χ4n) is 2.84. The van der Waals surface area contributed by atoms with E-state index in [1.807, 2.05) is 11.7 Å². The number of hydrogen-bond donors (Lipinski definition) is 1. The van der Waals surface area contributed by atoms with Crippen LogP contribution in [-0.2, 0) is 20.0 Å². The van der Waals surface area contributed by atoms with Crippen LogP contribution in [0.3, 0.4) is 0 Å². The van der Waals surface area contributed by atoms with Gasteiger partial charge in [-0.1, -0.05) is 20.3 Å². The van der Waals surface area contributed by atoms with Crippen molar-refractivity contribution in [1.29, 1.82) is 0 Å². The largest absolute Gasteiger partial charge is 0.309 e. The molecule has 2 atom stereocenters. The number of nitrogens with zero attached hydrogens (tertiary/aromatic N) is 2. The van der Waals surface area contributed by atoms with Crippen LogP contribution in [0.5, 0.6) is 0 Å². The molecule has 0 aromatic carbocycles. The molecule has 1 aliphatic rings. The van der Waals surface area contributed by atoms with Crippen LogP contribution in [0, 0.1) is 0 Å². The highest BCUT2D eigenvalue weighted by atomic mass is 32.2. The van der Waals surface area contributed by atoms with E-state index in [4.69, 9.17) is 0 Å². The van der Waals surface area contributed by atoms with E-state index < -0.39 is 0 Å². The molecule has 1 heterocycles. The Morgan fingerprint density at radius 2 is 2.28 bits per heavy atom. The minimum Gasteiger partial charge on any atom is -0.309 e. The van der Waals surface area contributed by atoms with Gasteiger partial charge in [0.15, 0.2) is 0 Å². The first-order valence-electron chi connectivity index (χ1n) is 7.11. The molecule has 2 rings (SSSR count). The number of nitrogens with one attached hydrogen (secondary N) is 1. The lowest BCUT2D eigenvalue weighted by Gasteiger charge is -2.20. The van der Waals surface area contributed by atoms with Crippen LogP contribution in [0.4, 0.5) is 0 Å². The highest BCUT2D eigenvalue weighted by Gasteiger charge is 2.26. The Labute approximate surface area is 115 Å². The second-order valence-electron chi connectivity index (χ2n) is 5.04. The second kappa shape index (κ2) is 6.62. The van der Waals surface area contributed by atoms with Crippen molar-refractivity contribution in [3.8, 4) is 0 Å². The van der Waals surface area contributed by atoms with Crippen molar-refractivity contribution in [2.45, 2.75) is 57.4 Å². The molecule has 1 N–H and O–H groups in total. The maximum Gasteiger partial charge on any atom is 0.0666 e. The maximum absolute atomic E-state index is 4.50. The van der Waals surface area contributed by atoms with Gasteiger partial charge in [-0.25, -0.2) is 0 Å². The number of aryl methyl sites for hydroxylation is 2. The summed E-state index contributed by atoms with van der Waals surface area (Å²) in [4.78, 5) is 0. The number of thioether (sulfide) groups is 1. The standard InChI is InChI=1S/C14H25N3S/c1-4-12-11(10-17(3)16-12)9-15-13-7-6-8-14(13)18-5-2/h10,13-15H,4-9H2,1-3H3. The van der Waals surface area contributed by atoms with Crippen LogP contribution >= 0.6 is 11.8 Å². The van der Waals surface area contributed by atoms with Crippen molar-refractivity contribution in [2.24, 2.45) is 7.05 Å². The fourth-order valence-corrected chi connectivity index (χ4v) is 4.07. The molecule has 1 aromatic rings. The van der Waals surface area contributed by atoms with Crippen LogP contribution in [0.1, 0.15) is 44.4 Å². The molecular weight excluding hydrogens is 242 g/mol. The molecule has 0 radical (unpaired) electrons. The zero-order chi connectivity index (χ0) is 13.0. The Hall–Kier alpha value is -0.480. The molecule has 18 heavy (non-hydrogen) atoms. The van der Waals surface area contributed by atoms with Crippen molar-refractivity contribution < 1.29 is 0 Å². The van der Waals surface area contributed by atoms with Gasteiger partial charge in [0.2, 0.25) is 0 Å². The van der Waals surface area contributed by atoms with E-state index in [0.29, 0.717) is 6.04 Å². The Bertz CT molecular complexity index is 375. The Balaban J connectivity index is 1.90. The minimum absolute atomic E-state index is 0.694. The Morgan fingerprint density at radius 1 is 1.44 bits per heavy atom. The molecule has 1 aromatic heterocycles. The predicted octanol–water partition coefficient (Wildman–Crippen LogP) is 2.75. The van der Waals surface area contributed by atoms with Crippen molar-refractivity contribution in [3.05, 3.63) is 17.5 Å². The van der Waals surface area contributed by atoms with Gasteiger partial charge < -0.3 is 5.32 Å². The average molecular weight is 267 g/mol. The van der Waals surface area contributed by atoms with E-state index in [-0.39, 0.29) is 0 Å². The van der Waals surface area contributed by atoms with Gasteiger partial charge in [0.25, 0.3) is 0 Å². The summed E-state index contributed by atoms with van der Waals surface area (Å²) in [6, 6.07) is 0.694. The lowest BCUT2D eigenvalue weighted by atomic mass is 10.2. The van der Waals surface area contributed by atoms with E-state index in [9.17, 15) is 0 Å². The van der Waals surface area contributed by atoms with Gasteiger partial charge in [0.05, 0.1) is 5.69 Å². The molecule has 0 saturated heterocycles. The molecule has 4 heteroatoms. The SMILES string of the molecule is CCSC1CCCC1NCc1cn(C)nc1CC. The van der Waals surface area contributed by atoms with E-state index in [0.717, 1.165) is 18.2 Å². The second-order valence-corrected chi connectivity index (χ2v) is 6.56. The molecule has 3 nitrogen and oxygen atoms in total. The molecule has 0 aliphatic heterocycles. The first-order valence-corrected chi connectivity index (χ1v) is 8.15. The molecule has 2 unspecified atom stereocenters. The summed E-state index contributed by atoms with van der Waals surface area (Å²) >= 11 is 2.11. The zero-order valence-electron chi connectivity index (χ0n) is 11.8. The first-order chi connectivity index (χ1) is 8.74. The number of rotatable bonds is 6. The summed E-state index contributed by atoms with van der Waals surface area (Å²) < 4.78 is 1.93. The molecule has 0 spiro atoms. The predicted molar refractivity (Wildman–Crippen MR) is 79.0 cm³/mol. The lowest BCUT2D eigenvalue weighted by molar-refractivity contribution is 0.530.